The summed E-state index contributed by atoms with van der Waals surface area (Å²) in [4.78, 5) is 11.9. The van der Waals surface area contributed by atoms with Gasteiger partial charge in [0, 0.05) is 65.7 Å². The number of rotatable bonds is 8. The van der Waals surface area contributed by atoms with E-state index < -0.39 is 11.2 Å². The molecule has 1 aromatic carbocycles. The molecule has 3 aromatic rings. The number of aromatic amines is 1. The summed E-state index contributed by atoms with van der Waals surface area (Å²) in [5.41, 5.74) is 3.12. The Morgan fingerprint density at radius 2 is 2.00 bits per heavy atom. The van der Waals surface area contributed by atoms with Crippen molar-refractivity contribution in [2.75, 3.05) is 27.4 Å². The van der Waals surface area contributed by atoms with E-state index >= 15 is 0 Å². The van der Waals surface area contributed by atoms with Gasteiger partial charge in [-0.05, 0) is 25.1 Å². The first-order chi connectivity index (χ1) is 12.6. The average molecular weight is 398 g/mol. The van der Waals surface area contributed by atoms with Gasteiger partial charge < -0.3 is 18.8 Å². The molecule has 0 aliphatic heterocycles. The summed E-state index contributed by atoms with van der Waals surface area (Å²) in [6.07, 6.45) is 1.66. The van der Waals surface area contributed by atoms with Gasteiger partial charge in [-0.1, -0.05) is 0 Å². The summed E-state index contributed by atoms with van der Waals surface area (Å²) in [7, 11) is 3.23. The topological polar surface area (TPSA) is 92.3 Å². The monoisotopic (exact) mass is 398 g/mol. The van der Waals surface area contributed by atoms with Crippen LogP contribution in [0.2, 0.25) is 0 Å². The van der Waals surface area contributed by atoms with Crippen LogP contribution >= 0.6 is 0 Å². The number of hydrogen-bond acceptors (Lipinski definition) is 6. The molecule has 1 N–H and O–H groups in total. The first-order valence-corrected chi connectivity index (χ1v) is 9.42. The molecule has 2 aromatic heterocycles. The molecular weight excluding hydrogens is 377 g/mol. The molecular formula is C18H21N3NaO4S. The average Bonchev–Trinajstić information content (AvgIpc) is 3.08. The maximum atomic E-state index is 12.7. The third kappa shape index (κ3) is 5.37. The molecule has 0 saturated carbocycles. The van der Waals surface area contributed by atoms with Crippen LogP contribution in [0.5, 0.6) is 11.5 Å². The minimum atomic E-state index is -1.35. The van der Waals surface area contributed by atoms with Crippen molar-refractivity contribution < 1.29 is 18.8 Å². The van der Waals surface area contributed by atoms with E-state index in [1.807, 2.05) is 19.1 Å². The fourth-order valence-electron chi connectivity index (χ4n) is 2.49. The number of aromatic nitrogens is 3. The molecule has 0 amide bonds. The van der Waals surface area contributed by atoms with Crippen LogP contribution in [0.15, 0.2) is 35.6 Å². The van der Waals surface area contributed by atoms with Crippen molar-refractivity contribution in [3.63, 3.8) is 0 Å². The summed E-state index contributed by atoms with van der Waals surface area (Å²) in [6, 6.07) is 7.29. The van der Waals surface area contributed by atoms with Gasteiger partial charge in [0.25, 0.3) is 0 Å². The van der Waals surface area contributed by atoms with Crippen LogP contribution in [0.1, 0.15) is 11.3 Å². The summed E-state index contributed by atoms with van der Waals surface area (Å²) in [5, 5.41) is 0.417. The first-order valence-electron chi connectivity index (χ1n) is 8.10. The number of imidazole rings is 1. The van der Waals surface area contributed by atoms with E-state index in [1.165, 1.54) is 0 Å². The molecule has 0 aliphatic carbocycles. The molecule has 0 bridgehead atoms. The predicted molar refractivity (Wildman–Crippen MR) is 105 cm³/mol. The number of hydrogen-bond donors (Lipinski definition) is 1. The molecule has 1 unspecified atom stereocenters. The Kier molecular flexibility index (Phi) is 8.40. The normalized spacial score (nSPS) is 11.9. The summed E-state index contributed by atoms with van der Waals surface area (Å²) in [6.45, 7) is 2.87. The standard InChI is InChI=1S/C18H21N3O4S.Na/c1-12-16(19-7-6-17(12)25-9-8-23-2)11-26(22)18-20-14-5-4-13(24-3)10-15(14)21-18;/h4-7,10H,8-9,11H2,1-3H3,(H,20,21);. The fraction of sp³-hybridized carbons (Fsp3) is 0.333. The molecule has 7 nitrogen and oxygen atoms in total. The van der Waals surface area contributed by atoms with Crippen molar-refractivity contribution in [3.05, 3.63) is 41.7 Å². The molecule has 27 heavy (non-hydrogen) atoms. The molecule has 1 atom stereocenters. The summed E-state index contributed by atoms with van der Waals surface area (Å²) in [5.74, 6) is 1.68. The van der Waals surface area contributed by atoms with Crippen LogP contribution in [-0.2, 0) is 21.7 Å². The number of methoxy groups -OCH3 is 2. The number of fused-ring (bicyclic) bond motifs is 1. The van der Waals surface area contributed by atoms with E-state index in [4.69, 9.17) is 14.2 Å². The number of ether oxygens (including phenoxy) is 3. The number of pyridine rings is 1. The van der Waals surface area contributed by atoms with E-state index in [1.54, 1.807) is 32.5 Å². The zero-order valence-electron chi connectivity index (χ0n) is 15.9. The van der Waals surface area contributed by atoms with Crippen LogP contribution < -0.4 is 9.47 Å². The molecule has 0 spiro atoms. The van der Waals surface area contributed by atoms with E-state index in [0.717, 1.165) is 22.5 Å². The van der Waals surface area contributed by atoms with E-state index in [9.17, 15) is 4.55 Å². The third-order valence-electron chi connectivity index (χ3n) is 3.96. The van der Waals surface area contributed by atoms with Crippen LogP contribution in [0, 0.1) is 6.92 Å². The van der Waals surface area contributed by atoms with Crippen molar-refractivity contribution in [2.45, 2.75) is 17.8 Å². The molecule has 3 rings (SSSR count). The van der Waals surface area contributed by atoms with Gasteiger partial charge in [0.15, 0.2) is 5.75 Å². The Balaban J connectivity index is 0.00000261. The number of benzene rings is 1. The van der Waals surface area contributed by atoms with Crippen LogP contribution in [0.4, 0.5) is 0 Å². The Bertz CT molecular complexity index is 890. The van der Waals surface area contributed by atoms with Crippen molar-refractivity contribution in [3.8, 4) is 11.5 Å². The predicted octanol–water partition coefficient (Wildman–Crippen LogP) is 2.23. The van der Waals surface area contributed by atoms with E-state index in [2.05, 4.69) is 15.0 Å². The van der Waals surface area contributed by atoms with Gasteiger partial charge in [-0.25, -0.2) is 0 Å². The van der Waals surface area contributed by atoms with Crippen molar-refractivity contribution in [1.29, 1.82) is 0 Å². The zero-order chi connectivity index (χ0) is 18.5. The summed E-state index contributed by atoms with van der Waals surface area (Å²) < 4.78 is 28.6. The second kappa shape index (κ2) is 10.3. The molecule has 0 aliphatic rings. The van der Waals surface area contributed by atoms with Gasteiger partial charge in [0.1, 0.15) is 18.1 Å². The molecule has 9 heteroatoms. The maximum absolute atomic E-state index is 12.7. The van der Waals surface area contributed by atoms with Crippen molar-refractivity contribution in [1.82, 2.24) is 15.0 Å². The Morgan fingerprint density at radius 1 is 1.19 bits per heavy atom. The van der Waals surface area contributed by atoms with Crippen molar-refractivity contribution >= 4 is 51.8 Å². The maximum Gasteiger partial charge on any atom is 0.322 e. The minimum absolute atomic E-state index is 0. The zero-order valence-corrected chi connectivity index (χ0v) is 18.8. The second-order valence-corrected chi connectivity index (χ2v) is 7.00. The van der Waals surface area contributed by atoms with Gasteiger partial charge in [-0.15, -0.1) is 0 Å². The first kappa shape index (κ1) is 22.0. The van der Waals surface area contributed by atoms with E-state index in [-0.39, 0.29) is 35.3 Å². The van der Waals surface area contributed by atoms with Gasteiger partial charge in [0.2, 0.25) is 0 Å². The largest absolute Gasteiger partial charge is 0.609 e. The van der Waals surface area contributed by atoms with Gasteiger partial charge in [-0.2, -0.15) is 4.98 Å². The SMILES string of the molecule is COCCOc1ccnc(C[S+]([O-])c2nc3cc(OC)ccc3[nH]2)c1C.[Na]. The Hall–Kier alpha value is -1.29. The van der Waals surface area contributed by atoms with Gasteiger partial charge >= 0.3 is 5.16 Å². The fourth-order valence-corrected chi connectivity index (χ4v) is 3.59. The number of H-pyrrole nitrogens is 1. The van der Waals surface area contributed by atoms with Crippen LogP contribution in [0.25, 0.3) is 11.0 Å². The molecule has 2 heterocycles. The number of nitrogens with one attached hydrogen (secondary N) is 1. The molecule has 0 fully saturated rings. The molecule has 1 radical (unpaired) electrons. The molecule has 0 saturated heterocycles. The summed E-state index contributed by atoms with van der Waals surface area (Å²) >= 11 is -1.35. The second-order valence-electron chi connectivity index (χ2n) is 5.64. The quantitative estimate of drug-likeness (QED) is 0.355. The Morgan fingerprint density at radius 3 is 2.74 bits per heavy atom. The third-order valence-corrected chi connectivity index (χ3v) is 5.12. The van der Waals surface area contributed by atoms with E-state index in [0.29, 0.717) is 29.6 Å². The molecule has 139 valence electrons. The van der Waals surface area contributed by atoms with Crippen LogP contribution in [0.3, 0.4) is 0 Å². The van der Waals surface area contributed by atoms with Crippen molar-refractivity contribution in [2.24, 2.45) is 0 Å². The van der Waals surface area contributed by atoms with Gasteiger partial charge in [0.05, 0.1) is 30.4 Å². The minimum Gasteiger partial charge on any atom is -0.609 e. The van der Waals surface area contributed by atoms with Gasteiger partial charge in [-0.3, -0.25) is 9.97 Å². The number of nitrogens with zero attached hydrogens (tertiary/aromatic N) is 2. The Labute approximate surface area is 183 Å². The smallest absolute Gasteiger partial charge is 0.322 e. The van der Waals surface area contributed by atoms with Crippen LogP contribution in [-0.4, -0.2) is 76.5 Å².